The van der Waals surface area contributed by atoms with Gasteiger partial charge in [0.15, 0.2) is 5.75 Å². The molecule has 0 aliphatic carbocycles. The van der Waals surface area contributed by atoms with Crippen molar-refractivity contribution in [3.63, 3.8) is 0 Å². The van der Waals surface area contributed by atoms with Gasteiger partial charge in [-0.1, -0.05) is 0 Å². The molecule has 1 aromatic rings. The van der Waals surface area contributed by atoms with Crippen molar-refractivity contribution in [2.24, 2.45) is 0 Å². The molecule has 0 unspecified atom stereocenters. The molecule has 0 spiro atoms. The Kier molecular flexibility index (Phi) is 3.24. The maximum absolute atomic E-state index is 12.2. The van der Waals surface area contributed by atoms with Crippen LogP contribution >= 0.6 is 0 Å². The van der Waals surface area contributed by atoms with Gasteiger partial charge in [-0.15, -0.1) is 0 Å². The molecule has 0 aromatic heterocycles. The smallest absolute Gasteiger partial charge is 0.410 e. The van der Waals surface area contributed by atoms with Crippen molar-refractivity contribution in [1.82, 2.24) is 4.90 Å². The minimum absolute atomic E-state index is 0.152. The van der Waals surface area contributed by atoms with Crippen LogP contribution in [0.15, 0.2) is 12.1 Å². The Hall–Kier alpha value is -2.31. The highest BCUT2D eigenvalue weighted by Gasteiger charge is 2.28. The summed E-state index contributed by atoms with van der Waals surface area (Å²) >= 11 is 0. The van der Waals surface area contributed by atoms with Crippen LogP contribution in [-0.4, -0.2) is 35.1 Å². The van der Waals surface area contributed by atoms with E-state index in [2.05, 4.69) is 0 Å². The second kappa shape index (κ2) is 5.82. The van der Waals surface area contributed by atoms with E-state index >= 15 is 0 Å². The van der Waals surface area contributed by atoms with Gasteiger partial charge in [0.05, 0.1) is 16.1 Å². The molecule has 1 aromatic carbocycles. The molecule has 0 saturated carbocycles. The normalized spacial score (nSPS) is 16.9. The lowest BCUT2D eigenvalue weighted by Crippen LogP contribution is -2.39. The fourth-order valence-corrected chi connectivity index (χ4v) is 2.28. The highest BCUT2D eigenvalue weighted by Crippen LogP contribution is 2.33. The lowest BCUT2D eigenvalue weighted by molar-refractivity contribution is -0.385. The Balaban J connectivity index is 2.29. The Morgan fingerprint density at radius 2 is 2.14 bits per heavy atom. The largest absolute Gasteiger partial charge is 0.490 e. The highest BCUT2D eigenvalue weighted by atomic mass is 16.6. The van der Waals surface area contributed by atoms with Gasteiger partial charge in [0.2, 0.25) is 0 Å². The minimum Gasteiger partial charge on any atom is -0.490 e. The molecule has 0 atom stereocenters. The predicted molar refractivity (Wildman–Crippen MR) is 80.0 cm³/mol. The molecule has 0 radical (unpaired) electrons. The van der Waals surface area contributed by atoms with Crippen LogP contribution in [0, 0.1) is 10.1 Å². The standard InChI is InChI=1S/C15H20N2O5/c1-15(2,3)22-14(18)16-6-5-10-8-13(21-4)12(17(19)20)7-11(10)9-16/h7-8H,5-6,9H2,1-4H3/i4D3. The van der Waals surface area contributed by atoms with Gasteiger partial charge in [0, 0.05) is 19.2 Å². The number of carbonyl (C=O) groups is 1. The van der Waals surface area contributed by atoms with E-state index in [1.165, 1.54) is 17.0 Å². The van der Waals surface area contributed by atoms with E-state index in [9.17, 15) is 14.9 Å². The van der Waals surface area contributed by atoms with Crippen LogP contribution in [0.1, 0.15) is 36.0 Å². The molecule has 1 amide bonds. The van der Waals surface area contributed by atoms with Gasteiger partial charge < -0.3 is 14.4 Å². The number of rotatable bonds is 2. The third kappa shape index (κ3) is 3.47. The second-order valence-corrected chi connectivity index (χ2v) is 6.10. The van der Waals surface area contributed by atoms with Gasteiger partial charge in [0.1, 0.15) is 5.60 Å². The number of nitro groups is 1. The molecular formula is C15H20N2O5. The lowest BCUT2D eigenvalue weighted by atomic mass is 9.98. The van der Waals surface area contributed by atoms with Crippen molar-refractivity contribution in [3.8, 4) is 5.75 Å². The fourth-order valence-electron chi connectivity index (χ4n) is 2.28. The number of amides is 1. The molecule has 120 valence electrons. The quantitative estimate of drug-likeness (QED) is 0.619. The van der Waals surface area contributed by atoms with E-state index in [0.717, 1.165) is 0 Å². The highest BCUT2D eigenvalue weighted by molar-refractivity contribution is 5.69. The van der Waals surface area contributed by atoms with Gasteiger partial charge in [-0.2, -0.15) is 0 Å². The molecule has 1 aliphatic heterocycles. The van der Waals surface area contributed by atoms with Crippen LogP contribution in [-0.2, 0) is 17.7 Å². The van der Waals surface area contributed by atoms with Crippen LogP contribution in [0.5, 0.6) is 5.75 Å². The summed E-state index contributed by atoms with van der Waals surface area (Å²) in [5, 5.41) is 11.2. The van der Waals surface area contributed by atoms with E-state index < -0.39 is 29.3 Å². The second-order valence-electron chi connectivity index (χ2n) is 6.10. The van der Waals surface area contributed by atoms with E-state index in [1.54, 1.807) is 20.8 Å². The molecule has 0 bridgehead atoms. The first kappa shape index (κ1) is 12.3. The molecule has 0 fully saturated rings. The van der Waals surface area contributed by atoms with Crippen molar-refractivity contribution in [2.75, 3.05) is 13.6 Å². The number of benzene rings is 1. The molecule has 22 heavy (non-hydrogen) atoms. The number of nitro benzene ring substituents is 1. The van der Waals surface area contributed by atoms with Crippen LogP contribution in [0.25, 0.3) is 0 Å². The van der Waals surface area contributed by atoms with Gasteiger partial charge in [0.25, 0.3) is 0 Å². The third-order valence-electron chi connectivity index (χ3n) is 3.25. The fraction of sp³-hybridized carbons (Fsp3) is 0.533. The summed E-state index contributed by atoms with van der Waals surface area (Å²) in [7, 11) is -2.78. The van der Waals surface area contributed by atoms with Crippen LogP contribution in [0.4, 0.5) is 10.5 Å². The van der Waals surface area contributed by atoms with Gasteiger partial charge in [-0.05, 0) is 44.4 Å². The zero-order chi connectivity index (χ0) is 19.0. The molecule has 7 heteroatoms. The Morgan fingerprint density at radius 3 is 2.73 bits per heavy atom. The van der Waals surface area contributed by atoms with Crippen molar-refractivity contribution in [3.05, 3.63) is 33.4 Å². The zero-order valence-corrected chi connectivity index (χ0v) is 12.7. The van der Waals surface area contributed by atoms with Gasteiger partial charge in [-0.25, -0.2) is 4.79 Å². The summed E-state index contributed by atoms with van der Waals surface area (Å²) in [6.45, 7) is 5.79. The summed E-state index contributed by atoms with van der Waals surface area (Å²) < 4.78 is 31.5. The van der Waals surface area contributed by atoms with E-state index in [0.29, 0.717) is 24.1 Å². The molecule has 7 nitrogen and oxygen atoms in total. The number of nitrogens with zero attached hydrogens (tertiary/aromatic N) is 2. The number of hydrogen-bond acceptors (Lipinski definition) is 5. The summed E-state index contributed by atoms with van der Waals surface area (Å²) in [5.41, 5.74) is 0.202. The Labute approximate surface area is 133 Å². The van der Waals surface area contributed by atoms with Gasteiger partial charge in [-0.3, -0.25) is 10.1 Å². The monoisotopic (exact) mass is 311 g/mol. The van der Waals surface area contributed by atoms with Crippen molar-refractivity contribution < 1.29 is 23.3 Å². The minimum atomic E-state index is -2.78. The van der Waals surface area contributed by atoms with Crippen molar-refractivity contribution in [2.45, 2.75) is 39.3 Å². The first-order valence-corrected chi connectivity index (χ1v) is 6.83. The van der Waals surface area contributed by atoms with Gasteiger partial charge >= 0.3 is 11.8 Å². The van der Waals surface area contributed by atoms with Crippen molar-refractivity contribution >= 4 is 11.8 Å². The number of fused-ring (bicyclic) bond motifs is 1. The number of methoxy groups -OCH3 is 1. The maximum Gasteiger partial charge on any atom is 0.410 e. The summed E-state index contributed by atoms with van der Waals surface area (Å²) in [6, 6.07) is 2.62. The van der Waals surface area contributed by atoms with Crippen LogP contribution < -0.4 is 4.74 Å². The Morgan fingerprint density at radius 1 is 1.41 bits per heavy atom. The number of hydrogen-bond donors (Lipinski definition) is 0. The SMILES string of the molecule is [2H]C([2H])([2H])Oc1cc2c(cc1[N+](=O)[O-])CN(C(=O)OC(C)(C)C)CC2. The van der Waals surface area contributed by atoms with E-state index in [4.69, 9.17) is 13.6 Å². The summed E-state index contributed by atoms with van der Waals surface area (Å²) in [4.78, 5) is 24.2. The number of ether oxygens (including phenoxy) is 2. The molecule has 0 saturated heterocycles. The topological polar surface area (TPSA) is 81.9 Å². The summed E-state index contributed by atoms with van der Waals surface area (Å²) in [6.07, 6.45) is -0.0761. The number of carbonyl (C=O) groups excluding carboxylic acids is 1. The first-order valence-electron chi connectivity index (χ1n) is 8.33. The molecule has 1 aliphatic rings. The Bertz CT molecular complexity index is 698. The van der Waals surface area contributed by atoms with Crippen molar-refractivity contribution in [1.29, 1.82) is 0 Å². The van der Waals surface area contributed by atoms with E-state index in [-0.39, 0.29) is 12.3 Å². The van der Waals surface area contributed by atoms with Crippen LogP contribution in [0.2, 0.25) is 0 Å². The van der Waals surface area contributed by atoms with E-state index in [1.807, 2.05) is 0 Å². The van der Waals surface area contributed by atoms with Crippen LogP contribution in [0.3, 0.4) is 0 Å². The zero-order valence-electron chi connectivity index (χ0n) is 15.7. The molecule has 0 N–H and O–H groups in total. The summed E-state index contributed by atoms with van der Waals surface area (Å²) in [5.74, 6) is -0.297. The lowest BCUT2D eigenvalue weighted by Gasteiger charge is -2.31. The average Bonchev–Trinajstić information content (AvgIpc) is 2.42. The first-order chi connectivity index (χ1) is 11.4. The molecule has 1 heterocycles. The average molecular weight is 311 g/mol. The third-order valence-corrected chi connectivity index (χ3v) is 3.25. The molecule has 2 rings (SSSR count). The predicted octanol–water partition coefficient (Wildman–Crippen LogP) is 2.90. The maximum atomic E-state index is 12.2. The molecular weight excluding hydrogens is 288 g/mol.